The quantitative estimate of drug-likeness (QED) is 0.0276. The van der Waals surface area contributed by atoms with E-state index in [0.29, 0.717) is 17.4 Å². The molecule has 3 unspecified atom stereocenters. The second kappa shape index (κ2) is 38.7. The van der Waals surface area contributed by atoms with E-state index in [1.165, 1.54) is 103 Å². The van der Waals surface area contributed by atoms with Gasteiger partial charge in [0, 0.05) is 6.42 Å². The number of nitrogens with zero attached hydrogens (tertiary/aromatic N) is 1. The lowest BCUT2D eigenvalue weighted by Gasteiger charge is -2.29. The number of aliphatic hydroxyl groups is 1. The number of unbranched alkanes of at least 4 members (excludes halogenated alkanes) is 19. The van der Waals surface area contributed by atoms with Crippen molar-refractivity contribution in [1.82, 2.24) is 5.32 Å². The van der Waals surface area contributed by atoms with Crippen molar-refractivity contribution in [3.8, 4) is 0 Å². The Morgan fingerprint density at radius 1 is 0.625 bits per heavy atom. The number of allylic oxidation sites excluding steroid dienone is 9. The molecule has 9 heteroatoms. The smallest absolute Gasteiger partial charge is 0.268 e. The van der Waals surface area contributed by atoms with Crippen LogP contribution in [0, 0.1) is 0 Å². The fraction of sp³-hybridized carbons (Fsp3) is 0.766. The average molecular weight is 807 g/mol. The third-order valence-corrected chi connectivity index (χ3v) is 10.6. The Bertz CT molecular complexity index is 1100. The zero-order chi connectivity index (χ0) is 41.4. The lowest BCUT2D eigenvalue weighted by Crippen LogP contribution is -2.45. The predicted molar refractivity (Wildman–Crippen MR) is 237 cm³/mol. The summed E-state index contributed by atoms with van der Waals surface area (Å²) < 4.78 is 23.2. The van der Waals surface area contributed by atoms with Crippen LogP contribution in [0.3, 0.4) is 0 Å². The summed E-state index contributed by atoms with van der Waals surface area (Å²) >= 11 is 0. The third-order valence-electron chi connectivity index (χ3n) is 9.68. The highest BCUT2D eigenvalue weighted by atomic mass is 31.2. The van der Waals surface area contributed by atoms with Crippen molar-refractivity contribution >= 4 is 13.7 Å². The van der Waals surface area contributed by atoms with Gasteiger partial charge in [-0.25, -0.2) is 0 Å². The normalized spacial score (nSPS) is 14.9. The summed E-state index contributed by atoms with van der Waals surface area (Å²) in [5.74, 6) is -0.219. The van der Waals surface area contributed by atoms with E-state index in [9.17, 15) is 19.4 Å². The number of rotatable bonds is 40. The highest BCUT2D eigenvalue weighted by Crippen LogP contribution is 2.38. The van der Waals surface area contributed by atoms with Crippen LogP contribution in [0.25, 0.3) is 0 Å². The number of carbonyl (C=O) groups is 1. The highest BCUT2D eigenvalue weighted by Gasteiger charge is 2.23. The molecule has 0 saturated heterocycles. The molecule has 56 heavy (non-hydrogen) atoms. The van der Waals surface area contributed by atoms with E-state index in [0.717, 1.165) is 57.8 Å². The van der Waals surface area contributed by atoms with Crippen LogP contribution in [0.5, 0.6) is 0 Å². The number of hydrogen-bond donors (Lipinski definition) is 2. The van der Waals surface area contributed by atoms with Gasteiger partial charge in [0.2, 0.25) is 5.91 Å². The van der Waals surface area contributed by atoms with Crippen LogP contribution >= 0.6 is 7.82 Å². The van der Waals surface area contributed by atoms with E-state index < -0.39 is 26.6 Å². The molecule has 0 aliphatic rings. The van der Waals surface area contributed by atoms with Crippen molar-refractivity contribution in [2.45, 2.75) is 193 Å². The first kappa shape index (κ1) is 54.2. The molecule has 3 atom stereocenters. The summed E-state index contributed by atoms with van der Waals surface area (Å²) in [5, 5.41) is 13.7. The molecule has 8 nitrogen and oxygen atoms in total. The standard InChI is InChI=1S/C47H87N2O6P/c1-6-8-10-12-14-16-18-20-21-22-23-24-25-26-27-29-31-33-35-37-39-41-47(51)48-45(44-55-56(52,53)54-43-42-49(3,4)5)46(50)40-38-36-34-32-30-28-19-17-15-13-11-9-7-2/h15,17-18,20,22-23,30,32,38,40,45-46,50H,6-14,16,19,21,24-29,31,33-37,39,41-44H2,1-5H3,(H-,48,51,52,53)/b17-15+,20-18-,23-22-,32-30+,40-38+. The molecule has 0 radical (unpaired) electrons. The van der Waals surface area contributed by atoms with Gasteiger partial charge in [-0.3, -0.25) is 9.36 Å². The molecule has 0 aliphatic carbocycles. The Labute approximate surface area is 345 Å². The van der Waals surface area contributed by atoms with E-state index in [2.05, 4.69) is 67.8 Å². The second-order valence-corrected chi connectivity index (χ2v) is 17.8. The second-order valence-electron chi connectivity index (χ2n) is 16.4. The molecule has 0 bridgehead atoms. The van der Waals surface area contributed by atoms with E-state index >= 15 is 0 Å². The molecule has 326 valence electrons. The first-order valence-electron chi connectivity index (χ1n) is 22.7. The molecular formula is C47H87N2O6P. The molecule has 0 fully saturated rings. The summed E-state index contributed by atoms with van der Waals surface area (Å²) in [6.07, 6.45) is 49.8. The van der Waals surface area contributed by atoms with Gasteiger partial charge in [-0.2, -0.15) is 0 Å². The Morgan fingerprint density at radius 2 is 1.05 bits per heavy atom. The van der Waals surface area contributed by atoms with Gasteiger partial charge < -0.3 is 28.8 Å². The van der Waals surface area contributed by atoms with Gasteiger partial charge in [0.05, 0.1) is 39.9 Å². The summed E-state index contributed by atoms with van der Waals surface area (Å²) in [7, 11) is 1.22. The van der Waals surface area contributed by atoms with Gasteiger partial charge in [0.25, 0.3) is 7.82 Å². The zero-order valence-corrected chi connectivity index (χ0v) is 37.7. The highest BCUT2D eigenvalue weighted by molar-refractivity contribution is 7.45. The Balaban J connectivity index is 4.41. The van der Waals surface area contributed by atoms with Gasteiger partial charge in [0.1, 0.15) is 13.2 Å². The van der Waals surface area contributed by atoms with Gasteiger partial charge in [-0.1, -0.05) is 158 Å². The molecule has 2 N–H and O–H groups in total. The number of aliphatic hydroxyl groups excluding tert-OH is 1. The number of amides is 1. The summed E-state index contributed by atoms with van der Waals surface area (Å²) in [5.41, 5.74) is 0. The lowest BCUT2D eigenvalue weighted by molar-refractivity contribution is -0.870. The summed E-state index contributed by atoms with van der Waals surface area (Å²) in [4.78, 5) is 25.3. The molecule has 0 rings (SSSR count). The van der Waals surface area contributed by atoms with Crippen molar-refractivity contribution < 1.29 is 32.9 Å². The summed E-state index contributed by atoms with van der Waals surface area (Å²) in [6.45, 7) is 4.55. The van der Waals surface area contributed by atoms with E-state index in [1.54, 1.807) is 6.08 Å². The fourth-order valence-electron chi connectivity index (χ4n) is 6.04. The first-order chi connectivity index (χ1) is 27.0. The largest absolute Gasteiger partial charge is 0.756 e. The number of hydrogen-bond acceptors (Lipinski definition) is 6. The van der Waals surface area contributed by atoms with Gasteiger partial charge in [-0.05, 0) is 77.0 Å². The van der Waals surface area contributed by atoms with Gasteiger partial charge in [-0.15, -0.1) is 0 Å². The van der Waals surface area contributed by atoms with Crippen LogP contribution in [0.15, 0.2) is 60.8 Å². The molecule has 0 saturated carbocycles. The number of nitrogens with one attached hydrogen (secondary N) is 1. The maximum atomic E-state index is 12.9. The Hall–Kier alpha value is -1.80. The molecule has 0 aromatic rings. The average Bonchev–Trinajstić information content (AvgIpc) is 3.15. The minimum Gasteiger partial charge on any atom is -0.756 e. The molecule has 0 aromatic heterocycles. The van der Waals surface area contributed by atoms with Crippen LogP contribution < -0.4 is 10.2 Å². The van der Waals surface area contributed by atoms with Crippen molar-refractivity contribution in [1.29, 1.82) is 0 Å². The summed E-state index contributed by atoms with van der Waals surface area (Å²) in [6, 6.07) is -0.912. The first-order valence-corrected chi connectivity index (χ1v) is 24.1. The van der Waals surface area contributed by atoms with Crippen LogP contribution in [-0.2, 0) is 18.4 Å². The van der Waals surface area contributed by atoms with Gasteiger partial charge in [0.15, 0.2) is 0 Å². The minimum absolute atomic E-state index is 0.0121. The maximum Gasteiger partial charge on any atom is 0.268 e. The molecule has 0 aromatic carbocycles. The molecule has 0 heterocycles. The predicted octanol–water partition coefficient (Wildman–Crippen LogP) is 12.0. The number of phosphoric acid groups is 1. The maximum absolute atomic E-state index is 12.9. The van der Waals surface area contributed by atoms with Crippen LogP contribution in [0.2, 0.25) is 0 Å². The van der Waals surface area contributed by atoms with Crippen LogP contribution in [-0.4, -0.2) is 68.5 Å². The topological polar surface area (TPSA) is 108 Å². The minimum atomic E-state index is -4.60. The van der Waals surface area contributed by atoms with Crippen molar-refractivity contribution in [2.75, 3.05) is 40.9 Å². The molecule has 0 spiro atoms. The SMILES string of the molecule is CCCCC/C=C/CC/C=C/CC/C=C/C(O)C(COP(=O)([O-])OCC[N+](C)(C)C)NC(=O)CCCCCCCCCCC/C=C\C/C=C\CCCCCCC. The van der Waals surface area contributed by atoms with E-state index in [4.69, 9.17) is 9.05 Å². The van der Waals surface area contributed by atoms with Gasteiger partial charge >= 0.3 is 0 Å². The Kier molecular flexibility index (Phi) is 37.5. The molecule has 1 amide bonds. The van der Waals surface area contributed by atoms with Crippen molar-refractivity contribution in [2.24, 2.45) is 0 Å². The number of quaternary nitrogens is 1. The fourth-order valence-corrected chi connectivity index (χ4v) is 6.76. The number of carbonyl (C=O) groups excluding carboxylic acids is 1. The van der Waals surface area contributed by atoms with E-state index in [-0.39, 0.29) is 12.5 Å². The zero-order valence-electron chi connectivity index (χ0n) is 36.8. The third kappa shape index (κ3) is 40.4. The van der Waals surface area contributed by atoms with Crippen LogP contribution in [0.1, 0.15) is 181 Å². The molecular weight excluding hydrogens is 719 g/mol. The number of likely N-dealkylation sites (N-methyl/N-ethyl adjacent to an activating group) is 1. The van der Waals surface area contributed by atoms with Crippen LogP contribution in [0.4, 0.5) is 0 Å². The monoisotopic (exact) mass is 807 g/mol. The lowest BCUT2D eigenvalue weighted by atomic mass is 10.1. The molecule has 0 aliphatic heterocycles. The number of phosphoric ester groups is 1. The van der Waals surface area contributed by atoms with Crippen molar-refractivity contribution in [3.05, 3.63) is 60.8 Å². The van der Waals surface area contributed by atoms with Crippen molar-refractivity contribution in [3.63, 3.8) is 0 Å². The van der Waals surface area contributed by atoms with E-state index in [1.807, 2.05) is 27.2 Å². The Morgan fingerprint density at radius 3 is 1.59 bits per heavy atom.